The van der Waals surface area contributed by atoms with Crippen LogP contribution in [0.4, 0.5) is 0 Å². The molecule has 0 unspecified atom stereocenters. The highest BCUT2D eigenvalue weighted by molar-refractivity contribution is 6.35. The van der Waals surface area contributed by atoms with Gasteiger partial charge in [0.25, 0.3) is 0 Å². The normalized spacial score (nSPS) is 10.4. The van der Waals surface area contributed by atoms with Gasteiger partial charge in [0, 0.05) is 6.54 Å². The summed E-state index contributed by atoms with van der Waals surface area (Å²) in [6.07, 6.45) is 2.10. The predicted octanol–water partition coefficient (Wildman–Crippen LogP) is 1.50. The summed E-state index contributed by atoms with van der Waals surface area (Å²) in [5, 5.41) is 6.32. The van der Waals surface area contributed by atoms with E-state index in [1.165, 1.54) is 6.21 Å². The zero-order chi connectivity index (χ0) is 17.2. The summed E-state index contributed by atoms with van der Waals surface area (Å²) in [4.78, 5) is 23.3. The van der Waals surface area contributed by atoms with Crippen LogP contribution in [-0.4, -0.2) is 31.7 Å². The van der Waals surface area contributed by atoms with Crippen molar-refractivity contribution in [2.24, 2.45) is 5.10 Å². The molecule has 0 aliphatic rings. The van der Waals surface area contributed by atoms with Crippen molar-refractivity contribution in [3.05, 3.63) is 65.7 Å². The Morgan fingerprint density at radius 2 is 1.88 bits per heavy atom. The molecule has 0 spiro atoms. The van der Waals surface area contributed by atoms with E-state index in [0.717, 1.165) is 11.1 Å². The van der Waals surface area contributed by atoms with Crippen LogP contribution in [0.15, 0.2) is 59.7 Å². The summed E-state index contributed by atoms with van der Waals surface area (Å²) in [6, 6.07) is 16.9. The van der Waals surface area contributed by atoms with Gasteiger partial charge in [-0.2, -0.15) is 5.10 Å². The molecule has 6 heteroatoms. The molecule has 0 radical (unpaired) electrons. The number of carbonyl (C=O) groups is 2. The topological polar surface area (TPSA) is 79.8 Å². The molecule has 0 aliphatic carbocycles. The average molecular weight is 325 g/mol. The van der Waals surface area contributed by atoms with E-state index in [4.69, 9.17) is 4.74 Å². The fraction of sp³-hybridized carbons (Fsp3) is 0.167. The maximum atomic E-state index is 11.7. The van der Waals surface area contributed by atoms with E-state index < -0.39 is 11.8 Å². The SMILES string of the molecule is COc1cccc(/C=N\NC(=O)C(=O)NCCc2ccccc2)c1. The van der Waals surface area contributed by atoms with Crippen molar-refractivity contribution in [2.45, 2.75) is 6.42 Å². The van der Waals surface area contributed by atoms with Crippen molar-refractivity contribution in [1.82, 2.24) is 10.7 Å². The minimum absolute atomic E-state index is 0.385. The molecule has 24 heavy (non-hydrogen) atoms. The average Bonchev–Trinajstić information content (AvgIpc) is 2.62. The van der Waals surface area contributed by atoms with Crippen LogP contribution in [0.2, 0.25) is 0 Å². The molecule has 6 nitrogen and oxygen atoms in total. The summed E-state index contributed by atoms with van der Waals surface area (Å²) in [5.74, 6) is -0.833. The standard InChI is InChI=1S/C18H19N3O3/c1-24-16-9-5-8-15(12-16)13-20-21-18(23)17(22)19-11-10-14-6-3-2-4-7-14/h2-9,12-13H,10-11H2,1H3,(H,19,22)(H,21,23)/b20-13-. The van der Waals surface area contributed by atoms with Gasteiger partial charge in [0.2, 0.25) is 0 Å². The van der Waals surface area contributed by atoms with E-state index >= 15 is 0 Å². The van der Waals surface area contributed by atoms with E-state index in [-0.39, 0.29) is 0 Å². The van der Waals surface area contributed by atoms with Gasteiger partial charge in [-0.05, 0) is 29.7 Å². The summed E-state index contributed by atoms with van der Waals surface area (Å²) < 4.78 is 5.09. The highest BCUT2D eigenvalue weighted by Crippen LogP contribution is 2.10. The third-order valence-corrected chi connectivity index (χ3v) is 3.22. The van der Waals surface area contributed by atoms with Gasteiger partial charge in [0.05, 0.1) is 13.3 Å². The molecule has 2 aromatic carbocycles. The van der Waals surface area contributed by atoms with Crippen molar-refractivity contribution >= 4 is 18.0 Å². The van der Waals surface area contributed by atoms with Crippen molar-refractivity contribution < 1.29 is 14.3 Å². The third-order valence-electron chi connectivity index (χ3n) is 3.22. The van der Waals surface area contributed by atoms with Crippen molar-refractivity contribution in [3.8, 4) is 5.75 Å². The number of hydrogen-bond acceptors (Lipinski definition) is 4. The highest BCUT2D eigenvalue weighted by atomic mass is 16.5. The van der Waals surface area contributed by atoms with E-state index in [0.29, 0.717) is 18.7 Å². The van der Waals surface area contributed by atoms with Crippen molar-refractivity contribution in [1.29, 1.82) is 0 Å². The van der Waals surface area contributed by atoms with Crippen LogP contribution in [0.3, 0.4) is 0 Å². The molecule has 0 saturated heterocycles. The molecule has 0 saturated carbocycles. The second-order valence-electron chi connectivity index (χ2n) is 4.97. The number of hydrogen-bond donors (Lipinski definition) is 2. The molecule has 2 aromatic rings. The Hall–Kier alpha value is -3.15. The smallest absolute Gasteiger partial charge is 0.329 e. The Bertz CT molecular complexity index is 714. The largest absolute Gasteiger partial charge is 0.497 e. The predicted molar refractivity (Wildman–Crippen MR) is 91.9 cm³/mol. The monoisotopic (exact) mass is 325 g/mol. The molecule has 0 aliphatic heterocycles. The first-order valence-electron chi connectivity index (χ1n) is 7.48. The van der Waals surface area contributed by atoms with Crippen LogP contribution in [-0.2, 0) is 16.0 Å². The minimum atomic E-state index is -0.804. The van der Waals surface area contributed by atoms with Crippen molar-refractivity contribution in [3.63, 3.8) is 0 Å². The van der Waals surface area contributed by atoms with Crippen LogP contribution in [0, 0.1) is 0 Å². The first kappa shape index (κ1) is 17.2. The number of hydrazone groups is 1. The summed E-state index contributed by atoms with van der Waals surface area (Å²) >= 11 is 0. The number of amides is 2. The second-order valence-corrected chi connectivity index (χ2v) is 4.97. The molecular weight excluding hydrogens is 306 g/mol. The molecule has 124 valence electrons. The Kier molecular flexibility index (Phi) is 6.52. The third kappa shape index (κ3) is 5.57. The lowest BCUT2D eigenvalue weighted by molar-refractivity contribution is -0.139. The van der Waals surface area contributed by atoms with E-state index in [1.807, 2.05) is 30.3 Å². The first-order valence-corrected chi connectivity index (χ1v) is 7.48. The molecule has 0 atom stereocenters. The van der Waals surface area contributed by atoms with Gasteiger partial charge in [-0.1, -0.05) is 42.5 Å². The van der Waals surface area contributed by atoms with Gasteiger partial charge < -0.3 is 10.1 Å². The van der Waals surface area contributed by atoms with Gasteiger partial charge in [-0.3, -0.25) is 9.59 Å². The number of rotatable bonds is 6. The molecule has 2 rings (SSSR count). The van der Waals surface area contributed by atoms with Gasteiger partial charge >= 0.3 is 11.8 Å². The maximum Gasteiger partial charge on any atom is 0.329 e. The lowest BCUT2D eigenvalue weighted by Gasteiger charge is -2.04. The Labute approximate surface area is 140 Å². The Balaban J connectivity index is 1.75. The van der Waals surface area contributed by atoms with Gasteiger partial charge in [0.15, 0.2) is 0 Å². The van der Waals surface area contributed by atoms with Gasteiger partial charge in [-0.25, -0.2) is 5.43 Å². The molecule has 0 bridgehead atoms. The number of carbonyl (C=O) groups excluding carboxylic acids is 2. The first-order chi connectivity index (χ1) is 11.7. The molecule has 2 amide bonds. The van der Waals surface area contributed by atoms with E-state index in [1.54, 1.807) is 31.4 Å². The molecule has 2 N–H and O–H groups in total. The summed E-state index contributed by atoms with van der Waals surface area (Å²) in [7, 11) is 1.57. The number of nitrogens with one attached hydrogen (secondary N) is 2. The molecule has 0 heterocycles. The number of nitrogens with zero attached hydrogens (tertiary/aromatic N) is 1. The lowest BCUT2D eigenvalue weighted by atomic mass is 10.1. The van der Waals surface area contributed by atoms with Crippen molar-refractivity contribution in [2.75, 3.05) is 13.7 Å². The maximum absolute atomic E-state index is 11.7. The quantitative estimate of drug-likeness (QED) is 0.480. The summed E-state index contributed by atoms with van der Waals surface area (Å²) in [6.45, 7) is 0.385. The Morgan fingerprint density at radius 1 is 1.08 bits per heavy atom. The second kappa shape index (κ2) is 9.09. The Morgan fingerprint density at radius 3 is 2.62 bits per heavy atom. The minimum Gasteiger partial charge on any atom is -0.497 e. The van der Waals surface area contributed by atoms with Crippen LogP contribution in [0.5, 0.6) is 5.75 Å². The van der Waals surface area contributed by atoms with E-state index in [2.05, 4.69) is 15.8 Å². The molecular formula is C18H19N3O3. The molecule has 0 aromatic heterocycles. The number of methoxy groups -OCH3 is 1. The zero-order valence-electron chi connectivity index (χ0n) is 13.4. The van der Waals surface area contributed by atoms with Crippen LogP contribution < -0.4 is 15.5 Å². The van der Waals surface area contributed by atoms with Gasteiger partial charge in [0.1, 0.15) is 5.75 Å². The number of ether oxygens (including phenoxy) is 1. The fourth-order valence-corrected chi connectivity index (χ4v) is 1.98. The lowest BCUT2D eigenvalue weighted by Crippen LogP contribution is -2.38. The van der Waals surface area contributed by atoms with Crippen LogP contribution >= 0.6 is 0 Å². The van der Waals surface area contributed by atoms with Crippen LogP contribution in [0.25, 0.3) is 0 Å². The fourth-order valence-electron chi connectivity index (χ4n) is 1.98. The van der Waals surface area contributed by atoms with Crippen LogP contribution in [0.1, 0.15) is 11.1 Å². The molecule has 0 fully saturated rings. The van der Waals surface area contributed by atoms with E-state index in [9.17, 15) is 9.59 Å². The van der Waals surface area contributed by atoms with Gasteiger partial charge in [-0.15, -0.1) is 0 Å². The highest BCUT2D eigenvalue weighted by Gasteiger charge is 2.11. The zero-order valence-corrected chi connectivity index (χ0v) is 13.4. The number of benzene rings is 2. The summed E-state index contributed by atoms with van der Waals surface area (Å²) in [5.41, 5.74) is 4.04.